The van der Waals surface area contributed by atoms with Crippen LogP contribution < -0.4 is 5.73 Å². The van der Waals surface area contributed by atoms with E-state index in [0.29, 0.717) is 5.84 Å². The fraction of sp³-hybridized carbons (Fsp3) is 0.0256. The zero-order chi connectivity index (χ0) is 31.5. The van der Waals surface area contributed by atoms with Crippen molar-refractivity contribution < 1.29 is 0 Å². The van der Waals surface area contributed by atoms with Crippen molar-refractivity contribution in [2.45, 2.75) is 6.17 Å². The maximum atomic E-state index is 6.40. The molecule has 1 unspecified atom stereocenters. The van der Waals surface area contributed by atoms with Gasteiger partial charge in [0.2, 0.25) is 0 Å². The average molecular weight is 596 g/mol. The van der Waals surface area contributed by atoms with E-state index in [1.807, 2.05) is 66.9 Å². The van der Waals surface area contributed by atoms with Gasteiger partial charge in [0, 0.05) is 81.0 Å². The quantitative estimate of drug-likeness (QED) is 0.108. The van der Waals surface area contributed by atoms with Crippen molar-refractivity contribution in [1.29, 1.82) is 0 Å². The molecular formula is C39H29N7. The number of nitrogens with zero attached hydrogens (tertiary/aromatic N) is 6. The van der Waals surface area contributed by atoms with Crippen LogP contribution in [0.15, 0.2) is 139 Å². The lowest BCUT2D eigenvalue weighted by molar-refractivity contribution is 0.779. The Morgan fingerprint density at radius 2 is 1.46 bits per heavy atom. The molecule has 0 amide bonds. The van der Waals surface area contributed by atoms with Crippen LogP contribution in [0, 0.1) is 0 Å². The van der Waals surface area contributed by atoms with Gasteiger partial charge in [-0.1, -0.05) is 67.8 Å². The second-order valence-electron chi connectivity index (χ2n) is 10.7. The molecule has 0 radical (unpaired) electrons. The molecule has 0 aliphatic carbocycles. The molecule has 0 spiro atoms. The number of rotatable bonds is 8. The average Bonchev–Trinajstić information content (AvgIpc) is 3.13. The van der Waals surface area contributed by atoms with Gasteiger partial charge in [0.25, 0.3) is 0 Å². The lowest BCUT2D eigenvalue weighted by atomic mass is 9.92. The zero-order valence-electron chi connectivity index (χ0n) is 25.0. The topological polar surface area (TPSA) is 102 Å². The largest absolute Gasteiger partial charge is 0.383 e. The summed E-state index contributed by atoms with van der Waals surface area (Å²) in [6.07, 6.45) is 13.6. The second-order valence-corrected chi connectivity index (χ2v) is 10.7. The van der Waals surface area contributed by atoms with E-state index in [4.69, 9.17) is 25.7 Å². The highest BCUT2D eigenvalue weighted by Crippen LogP contribution is 2.39. The molecule has 46 heavy (non-hydrogen) atoms. The highest BCUT2D eigenvalue weighted by Gasteiger charge is 2.18. The number of hydrogen-bond donors (Lipinski definition) is 1. The van der Waals surface area contributed by atoms with Crippen molar-refractivity contribution in [1.82, 2.24) is 19.9 Å². The van der Waals surface area contributed by atoms with Crippen LogP contribution in [0.1, 0.15) is 34.0 Å². The molecule has 0 saturated heterocycles. The van der Waals surface area contributed by atoms with Crippen molar-refractivity contribution in [3.05, 3.63) is 157 Å². The Morgan fingerprint density at radius 1 is 0.717 bits per heavy atom. The molecule has 7 nitrogen and oxygen atoms in total. The van der Waals surface area contributed by atoms with Crippen LogP contribution in [0.4, 0.5) is 0 Å². The number of aliphatic imine (C=N–C) groups is 2. The van der Waals surface area contributed by atoms with E-state index in [0.717, 1.165) is 71.7 Å². The molecule has 220 valence electrons. The fourth-order valence-electron chi connectivity index (χ4n) is 5.80. The van der Waals surface area contributed by atoms with Gasteiger partial charge in [-0.3, -0.25) is 19.9 Å². The first-order valence-electron chi connectivity index (χ1n) is 14.8. The van der Waals surface area contributed by atoms with Crippen molar-refractivity contribution in [2.24, 2.45) is 15.7 Å². The van der Waals surface area contributed by atoms with Crippen LogP contribution in [-0.4, -0.2) is 32.0 Å². The smallest absolute Gasteiger partial charge is 0.167 e. The van der Waals surface area contributed by atoms with Crippen LogP contribution in [0.5, 0.6) is 0 Å². The van der Waals surface area contributed by atoms with Crippen LogP contribution in [0.25, 0.3) is 56.0 Å². The number of benzene rings is 3. The molecule has 0 bridgehead atoms. The molecule has 7 aromatic rings. The monoisotopic (exact) mass is 595 g/mol. The first-order chi connectivity index (χ1) is 22.7. The summed E-state index contributed by atoms with van der Waals surface area (Å²) in [5.74, 6) is 0.371. The Labute approximate surface area is 266 Å². The Bertz CT molecular complexity index is 2310. The molecule has 4 aromatic heterocycles. The molecule has 0 fully saturated rings. The number of hydrogen-bond acceptors (Lipinski definition) is 6. The minimum Gasteiger partial charge on any atom is -0.383 e. The van der Waals surface area contributed by atoms with Gasteiger partial charge in [0.05, 0.1) is 16.7 Å². The lowest BCUT2D eigenvalue weighted by Gasteiger charge is -2.16. The van der Waals surface area contributed by atoms with Crippen LogP contribution in [0.3, 0.4) is 0 Å². The summed E-state index contributed by atoms with van der Waals surface area (Å²) in [4.78, 5) is 28.0. The van der Waals surface area contributed by atoms with E-state index in [9.17, 15) is 0 Å². The SMILES string of the molecule is C=Cc1ccc2c(-c3ccc(/C=N/C(/N=C(\N)c4ccncc4)c4ccncc4)c4cccnc34)nc3ccccc3c2c1C=C. The second kappa shape index (κ2) is 12.3. The van der Waals surface area contributed by atoms with E-state index in [2.05, 4.69) is 59.5 Å². The first-order valence-corrected chi connectivity index (χ1v) is 14.8. The maximum absolute atomic E-state index is 6.40. The summed E-state index contributed by atoms with van der Waals surface area (Å²) in [6.45, 7) is 8.17. The van der Waals surface area contributed by atoms with E-state index >= 15 is 0 Å². The molecule has 3 aromatic carbocycles. The first kappa shape index (κ1) is 28.4. The lowest BCUT2D eigenvalue weighted by Crippen LogP contribution is -2.15. The van der Waals surface area contributed by atoms with Crippen molar-refractivity contribution in [2.75, 3.05) is 0 Å². The molecule has 0 aliphatic rings. The molecular weight excluding hydrogens is 566 g/mol. The standard InChI is InChI=1S/C39H29N7/c1-3-25-11-13-32-35(29(25)4-2)31-8-5-6-10-34(31)45-37(32)33-14-12-28(30-9-7-19-43-36(30)33)24-44-39(27-17-22-42-23-18-27)46-38(40)26-15-20-41-21-16-26/h3-24,39H,1-2H2,(H2,40,46)/b44-24+. The number of pyridine rings is 4. The highest BCUT2D eigenvalue weighted by atomic mass is 15.0. The number of nitrogens with two attached hydrogens (primary N) is 1. The minimum absolute atomic E-state index is 0.371. The Morgan fingerprint density at radius 3 is 2.24 bits per heavy atom. The Balaban J connectivity index is 1.39. The van der Waals surface area contributed by atoms with Gasteiger partial charge in [-0.25, -0.2) is 9.98 Å². The van der Waals surface area contributed by atoms with Gasteiger partial charge in [-0.2, -0.15) is 0 Å². The Kier molecular flexibility index (Phi) is 7.63. The zero-order valence-corrected chi connectivity index (χ0v) is 25.0. The fourth-order valence-corrected chi connectivity index (χ4v) is 5.80. The van der Waals surface area contributed by atoms with Crippen LogP contribution >= 0.6 is 0 Å². The van der Waals surface area contributed by atoms with Crippen LogP contribution in [0.2, 0.25) is 0 Å². The molecule has 4 heterocycles. The van der Waals surface area contributed by atoms with Crippen LogP contribution in [-0.2, 0) is 0 Å². The minimum atomic E-state index is -0.579. The summed E-state index contributed by atoms with van der Waals surface area (Å²) < 4.78 is 0. The third-order valence-electron chi connectivity index (χ3n) is 8.02. The van der Waals surface area contributed by atoms with Gasteiger partial charge < -0.3 is 5.73 Å². The van der Waals surface area contributed by atoms with Crippen molar-refractivity contribution >= 4 is 56.8 Å². The van der Waals surface area contributed by atoms with Gasteiger partial charge in [0.1, 0.15) is 5.84 Å². The third kappa shape index (κ3) is 5.20. The van der Waals surface area contributed by atoms with E-state index in [1.54, 1.807) is 31.0 Å². The number of aromatic nitrogens is 4. The molecule has 1 atom stereocenters. The summed E-state index contributed by atoms with van der Waals surface area (Å²) in [5, 5.41) is 4.12. The van der Waals surface area contributed by atoms with Gasteiger partial charge in [-0.05, 0) is 53.6 Å². The number of fused-ring (bicyclic) bond motifs is 4. The predicted octanol–water partition coefficient (Wildman–Crippen LogP) is 8.20. The van der Waals surface area contributed by atoms with Gasteiger partial charge >= 0.3 is 0 Å². The number of amidine groups is 1. The summed E-state index contributed by atoms with van der Waals surface area (Å²) in [7, 11) is 0. The summed E-state index contributed by atoms with van der Waals surface area (Å²) >= 11 is 0. The molecule has 0 saturated carbocycles. The third-order valence-corrected chi connectivity index (χ3v) is 8.02. The van der Waals surface area contributed by atoms with E-state index in [-0.39, 0.29) is 0 Å². The molecule has 0 aliphatic heterocycles. The van der Waals surface area contributed by atoms with Crippen molar-refractivity contribution in [3.8, 4) is 11.3 Å². The van der Waals surface area contributed by atoms with E-state index < -0.39 is 6.17 Å². The van der Waals surface area contributed by atoms with Gasteiger partial charge in [-0.15, -0.1) is 0 Å². The van der Waals surface area contributed by atoms with Gasteiger partial charge in [0.15, 0.2) is 6.17 Å². The summed E-state index contributed by atoms with van der Waals surface area (Å²) in [6, 6.07) is 27.9. The van der Waals surface area contributed by atoms with E-state index in [1.165, 1.54) is 0 Å². The normalized spacial score (nSPS) is 12.6. The predicted molar refractivity (Wildman–Crippen MR) is 190 cm³/mol. The number of para-hydroxylation sites is 1. The molecule has 7 heteroatoms. The Hall–Kier alpha value is -6.34. The summed E-state index contributed by atoms with van der Waals surface area (Å²) in [5.41, 5.74) is 14.5. The molecule has 2 N–H and O–H groups in total. The van der Waals surface area contributed by atoms with Crippen molar-refractivity contribution in [3.63, 3.8) is 0 Å². The maximum Gasteiger partial charge on any atom is 0.167 e. The highest BCUT2D eigenvalue weighted by molar-refractivity contribution is 6.17. The molecule has 7 rings (SSSR count).